The maximum absolute atomic E-state index is 13.9. The van der Waals surface area contributed by atoms with Gasteiger partial charge < -0.3 is 10.1 Å². The molecule has 0 amide bonds. The van der Waals surface area contributed by atoms with E-state index >= 15 is 0 Å². The molecule has 2 aliphatic rings. The predicted molar refractivity (Wildman–Crippen MR) is 69.2 cm³/mol. The van der Waals surface area contributed by atoms with Crippen LogP contribution < -0.4 is 5.32 Å². The lowest BCUT2D eigenvalue weighted by Crippen LogP contribution is -2.49. The largest absolute Gasteiger partial charge is 0.461 e. The molecular weight excluding hydrogens is 264 g/mol. The number of carbonyl (C=O) groups excluding carboxylic acids is 1. The van der Waals surface area contributed by atoms with E-state index in [-0.39, 0.29) is 19.6 Å². The van der Waals surface area contributed by atoms with Crippen molar-refractivity contribution in [1.82, 2.24) is 5.32 Å². The highest BCUT2D eigenvalue weighted by Gasteiger charge is 2.72. The minimum absolute atomic E-state index is 0.149. The Balaban J connectivity index is 1.60. The fourth-order valence-electron chi connectivity index (χ4n) is 3.04. The zero-order valence-corrected chi connectivity index (χ0v) is 11.1. The predicted octanol–water partition coefficient (Wildman–Crippen LogP) is 2.36. The van der Waals surface area contributed by atoms with E-state index < -0.39 is 23.2 Å². The fraction of sp³-hybridized carbons (Fsp3) is 0.533. The van der Waals surface area contributed by atoms with E-state index in [0.29, 0.717) is 13.0 Å². The second kappa shape index (κ2) is 4.81. The van der Waals surface area contributed by atoms with Crippen LogP contribution in [0.15, 0.2) is 30.3 Å². The molecule has 3 nitrogen and oxygen atoms in total. The molecule has 1 heterocycles. The van der Waals surface area contributed by atoms with Gasteiger partial charge in [0.05, 0.1) is 17.9 Å². The molecule has 2 fully saturated rings. The van der Waals surface area contributed by atoms with Crippen LogP contribution in [0.4, 0.5) is 8.78 Å². The van der Waals surface area contributed by atoms with Crippen LogP contribution in [-0.4, -0.2) is 25.0 Å². The van der Waals surface area contributed by atoms with Crippen molar-refractivity contribution in [3.63, 3.8) is 0 Å². The van der Waals surface area contributed by atoms with Crippen LogP contribution in [0.1, 0.15) is 18.4 Å². The lowest BCUT2D eigenvalue weighted by molar-refractivity contribution is -0.153. The van der Waals surface area contributed by atoms with Gasteiger partial charge in [-0.05, 0) is 24.9 Å². The summed E-state index contributed by atoms with van der Waals surface area (Å²) < 4.78 is 33.1. The van der Waals surface area contributed by atoms with Crippen LogP contribution in [0.2, 0.25) is 0 Å². The molecule has 1 aliphatic heterocycles. The van der Waals surface area contributed by atoms with Crippen LogP contribution in [0.5, 0.6) is 0 Å². The highest BCUT2D eigenvalue weighted by atomic mass is 19.3. The summed E-state index contributed by atoms with van der Waals surface area (Å²) >= 11 is 0. The zero-order chi connectivity index (χ0) is 14.2. The monoisotopic (exact) mass is 281 g/mol. The van der Waals surface area contributed by atoms with Gasteiger partial charge in [0, 0.05) is 0 Å². The van der Waals surface area contributed by atoms with Crippen LogP contribution in [-0.2, 0) is 16.1 Å². The quantitative estimate of drug-likeness (QED) is 0.864. The number of hydrogen-bond acceptors (Lipinski definition) is 3. The van der Waals surface area contributed by atoms with Gasteiger partial charge in [-0.3, -0.25) is 4.79 Å². The summed E-state index contributed by atoms with van der Waals surface area (Å²) in [6.45, 7) is 0.351. The van der Waals surface area contributed by atoms with E-state index in [9.17, 15) is 13.6 Å². The Kier molecular flexibility index (Phi) is 3.24. The second-order valence-electron chi connectivity index (χ2n) is 5.64. The average molecular weight is 281 g/mol. The zero-order valence-electron chi connectivity index (χ0n) is 11.1. The molecule has 1 aliphatic carbocycles. The summed E-state index contributed by atoms with van der Waals surface area (Å²) in [5.41, 5.74) is -0.293. The fourth-order valence-corrected chi connectivity index (χ4v) is 3.04. The smallest absolute Gasteiger partial charge is 0.310 e. The highest BCUT2D eigenvalue weighted by Crippen LogP contribution is 2.65. The van der Waals surface area contributed by atoms with Crippen molar-refractivity contribution in [2.45, 2.75) is 25.4 Å². The van der Waals surface area contributed by atoms with Crippen molar-refractivity contribution in [2.75, 3.05) is 13.1 Å². The summed E-state index contributed by atoms with van der Waals surface area (Å²) in [5, 5.41) is 2.69. The number of piperidine rings is 1. The van der Waals surface area contributed by atoms with Gasteiger partial charge in [0.15, 0.2) is 0 Å². The summed E-state index contributed by atoms with van der Waals surface area (Å²) in [5.74, 6) is -3.96. The number of alkyl halides is 2. The number of halogens is 2. The third kappa shape index (κ3) is 2.20. The molecule has 20 heavy (non-hydrogen) atoms. The summed E-state index contributed by atoms with van der Waals surface area (Å²) in [4.78, 5) is 12.0. The molecule has 2 unspecified atom stereocenters. The molecule has 0 bridgehead atoms. The van der Waals surface area contributed by atoms with E-state index in [4.69, 9.17) is 4.74 Å². The Morgan fingerprint density at radius 2 is 2.10 bits per heavy atom. The van der Waals surface area contributed by atoms with Gasteiger partial charge in [0.2, 0.25) is 0 Å². The van der Waals surface area contributed by atoms with Gasteiger partial charge in [0.25, 0.3) is 5.92 Å². The molecule has 1 aromatic rings. The van der Waals surface area contributed by atoms with Crippen molar-refractivity contribution in [1.29, 1.82) is 0 Å². The third-order valence-electron chi connectivity index (χ3n) is 4.41. The van der Waals surface area contributed by atoms with Crippen LogP contribution in [0, 0.1) is 11.3 Å². The molecule has 1 spiro atoms. The minimum Gasteiger partial charge on any atom is -0.461 e. The number of hydrogen-bond donors (Lipinski definition) is 1. The van der Waals surface area contributed by atoms with Crippen molar-refractivity contribution < 1.29 is 18.3 Å². The molecule has 1 saturated carbocycles. The first kappa shape index (κ1) is 13.5. The molecule has 108 valence electrons. The van der Waals surface area contributed by atoms with Crippen LogP contribution in [0.3, 0.4) is 0 Å². The number of carbonyl (C=O) groups is 1. The maximum Gasteiger partial charge on any atom is 0.310 e. The second-order valence-corrected chi connectivity index (χ2v) is 5.64. The van der Waals surface area contributed by atoms with Crippen molar-refractivity contribution >= 4 is 5.97 Å². The van der Waals surface area contributed by atoms with Gasteiger partial charge >= 0.3 is 5.97 Å². The van der Waals surface area contributed by atoms with E-state index in [1.165, 1.54) is 0 Å². The number of benzene rings is 1. The molecule has 2 atom stereocenters. The van der Waals surface area contributed by atoms with E-state index in [1.807, 2.05) is 30.3 Å². The van der Waals surface area contributed by atoms with Crippen LogP contribution >= 0.6 is 0 Å². The lowest BCUT2D eigenvalue weighted by atomic mass is 9.88. The molecule has 0 radical (unpaired) electrons. The van der Waals surface area contributed by atoms with Crippen molar-refractivity contribution in [3.05, 3.63) is 35.9 Å². The first-order valence-electron chi connectivity index (χ1n) is 6.84. The van der Waals surface area contributed by atoms with E-state index in [0.717, 1.165) is 5.56 Å². The maximum atomic E-state index is 13.9. The molecule has 5 heteroatoms. The summed E-state index contributed by atoms with van der Waals surface area (Å²) in [7, 11) is 0. The number of esters is 1. The van der Waals surface area contributed by atoms with Crippen LogP contribution in [0.25, 0.3) is 0 Å². The average Bonchev–Trinajstić information content (AvgIpc) is 3.17. The Morgan fingerprint density at radius 3 is 2.80 bits per heavy atom. The van der Waals surface area contributed by atoms with Gasteiger partial charge in [0.1, 0.15) is 6.61 Å². The normalized spacial score (nSPS) is 31.0. The molecule has 1 N–H and O–H groups in total. The SMILES string of the molecule is O=C(OCc1ccccc1)C1CC12CCNCC2(F)F. The Hall–Kier alpha value is -1.49. The number of rotatable bonds is 3. The Labute approximate surface area is 116 Å². The first-order chi connectivity index (χ1) is 9.55. The topological polar surface area (TPSA) is 38.3 Å². The van der Waals surface area contributed by atoms with Crippen molar-refractivity contribution in [3.8, 4) is 0 Å². The molecule has 1 aromatic carbocycles. The summed E-state index contributed by atoms with van der Waals surface area (Å²) in [6, 6.07) is 9.26. The third-order valence-corrected chi connectivity index (χ3v) is 4.41. The number of nitrogens with one attached hydrogen (secondary N) is 1. The molecule has 3 rings (SSSR count). The van der Waals surface area contributed by atoms with Gasteiger partial charge in [-0.2, -0.15) is 0 Å². The van der Waals surface area contributed by atoms with Gasteiger partial charge in [-0.1, -0.05) is 30.3 Å². The number of ether oxygens (including phenoxy) is 1. The first-order valence-corrected chi connectivity index (χ1v) is 6.84. The van der Waals surface area contributed by atoms with Gasteiger partial charge in [-0.25, -0.2) is 8.78 Å². The van der Waals surface area contributed by atoms with E-state index in [2.05, 4.69) is 5.32 Å². The summed E-state index contributed by atoms with van der Waals surface area (Å²) in [6.07, 6.45) is 0.584. The minimum atomic E-state index is -2.82. The Bertz CT molecular complexity index is 506. The Morgan fingerprint density at radius 1 is 1.35 bits per heavy atom. The molecule has 1 saturated heterocycles. The standard InChI is InChI=1S/C15H17F2NO2/c16-15(17)10-18-7-6-14(15)8-12(14)13(19)20-9-11-4-2-1-3-5-11/h1-5,12,18H,6-10H2. The van der Waals surface area contributed by atoms with E-state index in [1.54, 1.807) is 0 Å². The lowest BCUT2D eigenvalue weighted by Gasteiger charge is -2.32. The highest BCUT2D eigenvalue weighted by molar-refractivity contribution is 5.77. The van der Waals surface area contributed by atoms with Crippen molar-refractivity contribution in [2.24, 2.45) is 11.3 Å². The molecular formula is C15H17F2NO2. The van der Waals surface area contributed by atoms with Gasteiger partial charge in [-0.15, -0.1) is 0 Å². The molecule has 0 aromatic heterocycles.